The maximum Gasteiger partial charge on any atom is 0.417 e. The Bertz CT molecular complexity index is 2680. The highest BCUT2D eigenvalue weighted by Gasteiger charge is 2.70. The zero-order valence-corrected chi connectivity index (χ0v) is 34.4. The summed E-state index contributed by atoms with van der Waals surface area (Å²) in [5.41, 5.74) is -1.85. The van der Waals surface area contributed by atoms with Crippen LogP contribution in [0.15, 0.2) is 78.5 Å². The summed E-state index contributed by atoms with van der Waals surface area (Å²) in [5, 5.41) is 35.5. The van der Waals surface area contributed by atoms with Gasteiger partial charge >= 0.3 is 17.6 Å². The number of ether oxygens (including phenoxy) is 1. The number of methoxy groups -OCH3 is 1. The fraction of sp³-hybridized carbons (Fsp3) is 0.293. The predicted octanol–water partition coefficient (Wildman–Crippen LogP) is 7.19. The number of benzene rings is 3. The third-order valence-corrected chi connectivity index (χ3v) is 12.8. The number of alkyl halides is 3. The maximum absolute atomic E-state index is 15.4. The highest BCUT2D eigenvalue weighted by Crippen LogP contribution is 2.65. The number of carbonyl (C=O) groups excluding carboxylic acids is 4. The van der Waals surface area contributed by atoms with Crippen LogP contribution in [0.2, 0.25) is 10.0 Å². The van der Waals surface area contributed by atoms with E-state index in [1.807, 2.05) is 0 Å². The van der Waals surface area contributed by atoms with Gasteiger partial charge in [0.15, 0.2) is 23.0 Å². The monoisotopic (exact) mass is 909 g/mol. The maximum atomic E-state index is 15.4. The van der Waals surface area contributed by atoms with E-state index in [1.165, 1.54) is 63.7 Å². The molecule has 1 aromatic heterocycles. The number of phenolic OH excluding ortho intramolecular Hbond substituents is 1. The summed E-state index contributed by atoms with van der Waals surface area (Å²) in [6.45, 7) is 0. The third kappa shape index (κ3) is 6.57. The van der Waals surface area contributed by atoms with Crippen molar-refractivity contribution in [1.82, 2.24) is 9.99 Å². The van der Waals surface area contributed by atoms with Crippen LogP contribution in [-0.2, 0) is 30.8 Å². The smallest absolute Gasteiger partial charge is 0.417 e. The van der Waals surface area contributed by atoms with Gasteiger partial charge in [-0.2, -0.15) is 18.2 Å². The number of allylic oxidation sites excluding steroid dienone is 2. The molecule has 1 saturated carbocycles. The van der Waals surface area contributed by atoms with Crippen molar-refractivity contribution in [2.45, 2.75) is 30.4 Å². The molecule has 4 aliphatic rings. The molecule has 22 heteroatoms. The fourth-order valence-electron chi connectivity index (χ4n) is 9.74. The molecule has 2 aliphatic heterocycles. The van der Waals surface area contributed by atoms with E-state index in [2.05, 4.69) is 10.4 Å². The number of fused-ring (bicyclic) bond motifs is 4. The second-order valence-corrected chi connectivity index (χ2v) is 16.4. The van der Waals surface area contributed by atoms with E-state index in [0.29, 0.717) is 33.3 Å². The summed E-state index contributed by atoms with van der Waals surface area (Å²) in [6.07, 6.45) is -3.06. The number of nitro groups is 2. The number of hydrazine groups is 1. The number of phenols is 1. The number of amides is 4. The van der Waals surface area contributed by atoms with E-state index in [9.17, 15) is 52.9 Å². The first-order chi connectivity index (χ1) is 29.7. The van der Waals surface area contributed by atoms with Crippen LogP contribution < -0.4 is 20.0 Å². The first kappa shape index (κ1) is 42.9. The van der Waals surface area contributed by atoms with Crippen molar-refractivity contribution in [2.75, 3.05) is 36.4 Å². The second-order valence-electron chi connectivity index (χ2n) is 15.6. The molecule has 4 amide bonds. The molecule has 0 unspecified atom stereocenters. The van der Waals surface area contributed by atoms with Gasteiger partial charge in [0, 0.05) is 43.4 Å². The van der Waals surface area contributed by atoms with Crippen LogP contribution in [0.4, 0.5) is 41.7 Å². The molecule has 4 aromatic rings. The molecule has 326 valence electrons. The number of carbonyl (C=O) groups is 4. The molecule has 2 saturated heterocycles. The number of rotatable bonds is 9. The Morgan fingerprint density at radius 3 is 2.16 bits per heavy atom. The van der Waals surface area contributed by atoms with Crippen LogP contribution in [0, 0.1) is 43.9 Å². The van der Waals surface area contributed by atoms with Crippen LogP contribution in [0.1, 0.15) is 35.4 Å². The van der Waals surface area contributed by atoms with Crippen molar-refractivity contribution in [1.29, 1.82) is 0 Å². The van der Waals surface area contributed by atoms with Gasteiger partial charge < -0.3 is 14.7 Å². The van der Waals surface area contributed by atoms with E-state index < -0.39 is 108 Å². The molecular weight excluding hydrogens is 878 g/mol. The van der Waals surface area contributed by atoms with Gasteiger partial charge in [-0.1, -0.05) is 53.1 Å². The summed E-state index contributed by atoms with van der Waals surface area (Å²) in [7, 11) is 4.01. The van der Waals surface area contributed by atoms with Crippen molar-refractivity contribution in [3.05, 3.63) is 125 Å². The van der Waals surface area contributed by atoms with Gasteiger partial charge in [0.25, 0.3) is 11.8 Å². The SMILES string of the molecule is COc1cc([C@H]2C3=CC[C@@H]4C(=O)N(c5cc([N+](=O)[O-])c(N(C)C)c([N+](=O)[O-])c5)C(=O)[C@@H]4[C@@H]3C[C@H]3C(=O)N(Nc4ncc(C(F)(F)F)cc4Cl)C(=O)[C@@]23c2ccc(Cl)cc2)ccc1O. The number of pyridine rings is 1. The predicted molar refractivity (Wildman–Crippen MR) is 218 cm³/mol. The topological polar surface area (TPSA) is 219 Å². The number of imide groups is 2. The summed E-state index contributed by atoms with van der Waals surface area (Å²) in [6, 6.07) is 12.7. The van der Waals surface area contributed by atoms with Crippen LogP contribution in [0.5, 0.6) is 11.5 Å². The van der Waals surface area contributed by atoms with Crippen LogP contribution in [-0.4, -0.2) is 69.8 Å². The molecule has 2 N–H and O–H groups in total. The van der Waals surface area contributed by atoms with E-state index in [4.69, 9.17) is 27.9 Å². The Balaban J connectivity index is 1.31. The molecule has 3 heterocycles. The zero-order valence-electron chi connectivity index (χ0n) is 32.9. The summed E-state index contributed by atoms with van der Waals surface area (Å²) < 4.78 is 46.1. The number of nitrogens with zero attached hydrogens (tertiary/aromatic N) is 6. The lowest BCUT2D eigenvalue weighted by Crippen LogP contribution is -2.53. The molecule has 3 fully saturated rings. The first-order valence-electron chi connectivity index (χ1n) is 18.9. The quantitative estimate of drug-likeness (QED) is 0.0736. The molecule has 0 radical (unpaired) electrons. The highest BCUT2D eigenvalue weighted by atomic mass is 35.5. The number of halogens is 5. The number of nitro benzene ring substituents is 2. The number of hydrogen-bond donors (Lipinski definition) is 2. The summed E-state index contributed by atoms with van der Waals surface area (Å²) >= 11 is 12.6. The minimum absolute atomic E-state index is 0.0261. The number of aromatic hydroxyl groups is 1. The number of aromatic nitrogens is 1. The van der Waals surface area contributed by atoms with Crippen molar-refractivity contribution < 1.29 is 52.0 Å². The Morgan fingerprint density at radius 2 is 1.59 bits per heavy atom. The zero-order chi connectivity index (χ0) is 45.6. The number of anilines is 3. The van der Waals surface area contributed by atoms with Crippen molar-refractivity contribution in [2.24, 2.45) is 23.7 Å². The standard InChI is InChI=1S/C41H32Cl2F3N7O10/c1-49(2)34-28(52(59)60)14-22(15-29(34)53(61)62)50-36(55)24-10-9-23-25(32(24)38(50)57)16-26-37(56)51(48-35-27(43)13-20(17-47-35)41(44,45)46)39(58)40(26,19-5-7-21(42)8-6-19)33(23)18-4-11-30(54)31(12-18)63-3/h4-9,11-15,17,24-26,32-33,54H,10,16H2,1-3H3,(H,47,48)/t24-,25+,26-,32-,33-,40+/m0/s1. The largest absolute Gasteiger partial charge is 0.504 e. The normalized spacial score (nSPS) is 24.1. The average molecular weight is 911 g/mol. The molecular formula is C41H32Cl2F3N7O10. The Morgan fingerprint density at radius 1 is 0.937 bits per heavy atom. The van der Waals surface area contributed by atoms with E-state index in [1.54, 1.807) is 6.08 Å². The Hall–Kier alpha value is -6.80. The van der Waals surface area contributed by atoms with Crippen molar-refractivity contribution in [3.8, 4) is 11.5 Å². The molecule has 8 rings (SSSR count). The minimum atomic E-state index is -4.82. The van der Waals surface area contributed by atoms with Gasteiger partial charge in [0.2, 0.25) is 11.8 Å². The molecule has 0 bridgehead atoms. The van der Waals surface area contributed by atoms with Crippen LogP contribution >= 0.6 is 23.2 Å². The lowest BCUT2D eigenvalue weighted by Gasteiger charge is -2.50. The lowest BCUT2D eigenvalue weighted by atomic mass is 9.49. The van der Waals surface area contributed by atoms with Gasteiger partial charge in [-0.3, -0.25) is 44.8 Å². The van der Waals surface area contributed by atoms with Crippen molar-refractivity contribution >= 4 is 75.4 Å². The molecule has 2 aliphatic carbocycles. The van der Waals surface area contributed by atoms with E-state index >= 15 is 4.79 Å². The average Bonchev–Trinajstić information content (AvgIpc) is 3.61. The molecule has 6 atom stereocenters. The number of hydrogen-bond acceptors (Lipinski definition) is 13. The second kappa shape index (κ2) is 15.2. The Labute approximate surface area is 363 Å². The van der Waals surface area contributed by atoms with Gasteiger partial charge in [0.1, 0.15) is 0 Å². The summed E-state index contributed by atoms with van der Waals surface area (Å²) in [5.74, 6) is -10.2. The Kier molecular flexibility index (Phi) is 10.4. The van der Waals surface area contributed by atoms with Crippen molar-refractivity contribution in [3.63, 3.8) is 0 Å². The van der Waals surface area contributed by atoms with Gasteiger partial charge in [0.05, 0.1) is 56.4 Å². The van der Waals surface area contributed by atoms with E-state index in [-0.39, 0.29) is 40.6 Å². The molecule has 63 heavy (non-hydrogen) atoms. The van der Waals surface area contributed by atoms with E-state index in [0.717, 1.165) is 17.0 Å². The molecule has 0 spiro atoms. The third-order valence-electron chi connectivity index (χ3n) is 12.2. The van der Waals surface area contributed by atoms with Crippen LogP contribution in [0.25, 0.3) is 0 Å². The molecule has 17 nitrogen and oxygen atoms in total. The fourth-order valence-corrected chi connectivity index (χ4v) is 10.1. The van der Waals surface area contributed by atoms with Gasteiger partial charge in [-0.05, 0) is 60.2 Å². The summed E-state index contributed by atoms with van der Waals surface area (Å²) in [4.78, 5) is 88.0. The van der Waals surface area contributed by atoms with Gasteiger partial charge in [-0.15, -0.1) is 0 Å². The number of nitrogens with one attached hydrogen (secondary N) is 1. The van der Waals surface area contributed by atoms with Gasteiger partial charge in [-0.25, -0.2) is 9.88 Å². The van der Waals surface area contributed by atoms with Crippen LogP contribution in [0.3, 0.4) is 0 Å². The molecule has 3 aromatic carbocycles. The first-order valence-corrected chi connectivity index (χ1v) is 19.7. The highest BCUT2D eigenvalue weighted by molar-refractivity contribution is 6.33. The lowest BCUT2D eigenvalue weighted by molar-refractivity contribution is -0.392. The minimum Gasteiger partial charge on any atom is -0.504 e.